The van der Waals surface area contributed by atoms with Crippen molar-refractivity contribution in [3.05, 3.63) is 36.2 Å². The SMILES string of the molecule is OC1Cn2ccnc2Cn2nccc21. The molecule has 0 amide bonds. The predicted octanol–water partition coefficient (Wildman–Crippen LogP) is 0.175. The van der Waals surface area contributed by atoms with Gasteiger partial charge in [0.05, 0.1) is 18.8 Å². The summed E-state index contributed by atoms with van der Waals surface area (Å²) in [5.41, 5.74) is 0.857. The topological polar surface area (TPSA) is 55.9 Å². The Balaban J connectivity index is 2.14. The van der Waals surface area contributed by atoms with E-state index in [2.05, 4.69) is 10.1 Å². The Morgan fingerprint density at radius 2 is 2.36 bits per heavy atom. The van der Waals surface area contributed by atoms with Crippen molar-refractivity contribution >= 4 is 0 Å². The van der Waals surface area contributed by atoms with E-state index in [-0.39, 0.29) is 0 Å². The summed E-state index contributed by atoms with van der Waals surface area (Å²) in [5, 5.41) is 14.0. The Morgan fingerprint density at radius 1 is 1.43 bits per heavy atom. The molecule has 3 heterocycles. The fourth-order valence-corrected chi connectivity index (χ4v) is 1.83. The third-order valence-corrected chi connectivity index (χ3v) is 2.55. The highest BCUT2D eigenvalue weighted by Crippen LogP contribution is 2.19. The van der Waals surface area contributed by atoms with Gasteiger partial charge in [-0.1, -0.05) is 0 Å². The van der Waals surface area contributed by atoms with Crippen molar-refractivity contribution in [2.45, 2.75) is 19.2 Å². The van der Waals surface area contributed by atoms with Gasteiger partial charge < -0.3 is 9.67 Å². The van der Waals surface area contributed by atoms with Crippen LogP contribution in [-0.4, -0.2) is 24.4 Å². The maximum atomic E-state index is 9.89. The number of aliphatic hydroxyl groups is 1. The number of nitrogens with zero attached hydrogens (tertiary/aromatic N) is 4. The Bertz CT molecular complexity index is 459. The molecule has 0 radical (unpaired) electrons. The van der Waals surface area contributed by atoms with E-state index in [1.165, 1.54) is 0 Å². The van der Waals surface area contributed by atoms with Crippen molar-refractivity contribution in [2.24, 2.45) is 0 Å². The van der Waals surface area contributed by atoms with Crippen LogP contribution in [-0.2, 0) is 13.1 Å². The molecular weight excluding hydrogens is 180 g/mol. The van der Waals surface area contributed by atoms with Gasteiger partial charge in [0.25, 0.3) is 0 Å². The van der Waals surface area contributed by atoms with Gasteiger partial charge in [-0.05, 0) is 6.07 Å². The van der Waals surface area contributed by atoms with Gasteiger partial charge in [0.1, 0.15) is 11.9 Å². The lowest BCUT2D eigenvalue weighted by Gasteiger charge is -2.07. The van der Waals surface area contributed by atoms with Crippen LogP contribution in [0.25, 0.3) is 0 Å². The highest BCUT2D eigenvalue weighted by molar-refractivity contribution is 5.09. The van der Waals surface area contributed by atoms with Crippen molar-refractivity contribution in [3.63, 3.8) is 0 Å². The molecule has 2 aromatic heterocycles. The predicted molar refractivity (Wildman–Crippen MR) is 48.5 cm³/mol. The van der Waals surface area contributed by atoms with Crippen LogP contribution in [0.2, 0.25) is 0 Å². The van der Waals surface area contributed by atoms with Gasteiger partial charge >= 0.3 is 0 Å². The fourth-order valence-electron chi connectivity index (χ4n) is 1.83. The van der Waals surface area contributed by atoms with E-state index in [0.717, 1.165) is 11.5 Å². The average molecular weight is 190 g/mol. The van der Waals surface area contributed by atoms with Gasteiger partial charge in [-0.25, -0.2) is 4.98 Å². The molecule has 3 rings (SSSR count). The molecular formula is C9H10N4O. The smallest absolute Gasteiger partial charge is 0.130 e. The molecule has 1 unspecified atom stereocenters. The lowest BCUT2D eigenvalue weighted by atomic mass is 10.2. The van der Waals surface area contributed by atoms with Crippen molar-refractivity contribution in [1.29, 1.82) is 0 Å². The van der Waals surface area contributed by atoms with Crippen LogP contribution in [0.1, 0.15) is 17.6 Å². The molecule has 1 N–H and O–H groups in total. The summed E-state index contributed by atoms with van der Waals surface area (Å²) in [6.45, 7) is 1.19. The summed E-state index contributed by atoms with van der Waals surface area (Å²) in [7, 11) is 0. The van der Waals surface area contributed by atoms with Gasteiger partial charge in [0, 0.05) is 18.6 Å². The number of rotatable bonds is 0. The Morgan fingerprint density at radius 3 is 3.29 bits per heavy atom. The lowest BCUT2D eigenvalue weighted by molar-refractivity contribution is 0.151. The molecule has 1 atom stereocenters. The summed E-state index contributed by atoms with van der Waals surface area (Å²) in [6.07, 6.45) is 4.84. The van der Waals surface area contributed by atoms with E-state index in [1.54, 1.807) is 17.1 Å². The van der Waals surface area contributed by atoms with Gasteiger partial charge in [-0.3, -0.25) is 4.68 Å². The maximum absolute atomic E-state index is 9.89. The normalized spacial score (nSPS) is 19.9. The van der Waals surface area contributed by atoms with Crippen LogP contribution in [0, 0.1) is 0 Å². The van der Waals surface area contributed by atoms with E-state index >= 15 is 0 Å². The number of aliphatic hydroxyl groups excluding tert-OH is 1. The van der Waals surface area contributed by atoms with Crippen LogP contribution in [0.5, 0.6) is 0 Å². The minimum absolute atomic E-state index is 0.493. The second-order valence-corrected chi connectivity index (χ2v) is 3.43. The van der Waals surface area contributed by atoms with Crippen molar-refractivity contribution in [1.82, 2.24) is 19.3 Å². The number of imidazole rings is 1. The largest absolute Gasteiger partial charge is 0.385 e. The molecule has 0 fully saturated rings. The minimum Gasteiger partial charge on any atom is -0.385 e. The van der Waals surface area contributed by atoms with E-state index < -0.39 is 6.10 Å². The third-order valence-electron chi connectivity index (χ3n) is 2.55. The van der Waals surface area contributed by atoms with E-state index in [9.17, 15) is 5.11 Å². The summed E-state index contributed by atoms with van der Waals surface area (Å²) in [5.74, 6) is 0.937. The number of aromatic nitrogens is 4. The number of hydrogen-bond donors (Lipinski definition) is 1. The summed E-state index contributed by atoms with van der Waals surface area (Å²) < 4.78 is 3.75. The zero-order valence-electron chi connectivity index (χ0n) is 7.54. The average Bonchev–Trinajstić information content (AvgIpc) is 2.75. The van der Waals surface area contributed by atoms with Crippen LogP contribution in [0.15, 0.2) is 24.7 Å². The highest BCUT2D eigenvalue weighted by atomic mass is 16.3. The van der Waals surface area contributed by atoms with Gasteiger partial charge in [-0.15, -0.1) is 0 Å². The molecule has 0 aromatic carbocycles. The molecule has 72 valence electrons. The Labute approximate surface area is 80.6 Å². The minimum atomic E-state index is -0.493. The van der Waals surface area contributed by atoms with Crippen molar-refractivity contribution < 1.29 is 5.11 Å². The molecule has 5 heteroatoms. The standard InChI is InChI=1S/C9H10N4O/c14-8-5-12-4-3-10-9(12)6-13-7(8)1-2-11-13/h1-4,8,14H,5-6H2. The first kappa shape index (κ1) is 7.75. The van der Waals surface area contributed by atoms with E-state index in [1.807, 2.05) is 16.8 Å². The van der Waals surface area contributed by atoms with Crippen LogP contribution in [0.4, 0.5) is 0 Å². The van der Waals surface area contributed by atoms with Crippen LogP contribution in [0.3, 0.4) is 0 Å². The molecule has 1 aliphatic heterocycles. The molecule has 0 aliphatic carbocycles. The van der Waals surface area contributed by atoms with E-state index in [0.29, 0.717) is 13.1 Å². The summed E-state index contributed by atoms with van der Waals surface area (Å²) in [4.78, 5) is 4.22. The fraction of sp³-hybridized carbons (Fsp3) is 0.333. The molecule has 5 nitrogen and oxygen atoms in total. The zero-order chi connectivity index (χ0) is 9.54. The van der Waals surface area contributed by atoms with E-state index in [4.69, 9.17) is 0 Å². The molecule has 14 heavy (non-hydrogen) atoms. The third kappa shape index (κ3) is 0.990. The maximum Gasteiger partial charge on any atom is 0.130 e. The zero-order valence-corrected chi connectivity index (χ0v) is 7.54. The molecule has 1 aliphatic rings. The molecule has 0 bridgehead atoms. The quantitative estimate of drug-likeness (QED) is 0.644. The second kappa shape index (κ2) is 2.68. The van der Waals surface area contributed by atoms with Gasteiger partial charge in [0.2, 0.25) is 0 Å². The van der Waals surface area contributed by atoms with Crippen molar-refractivity contribution in [3.8, 4) is 0 Å². The van der Waals surface area contributed by atoms with Crippen LogP contribution < -0.4 is 0 Å². The molecule has 0 spiro atoms. The monoisotopic (exact) mass is 190 g/mol. The van der Waals surface area contributed by atoms with Gasteiger partial charge in [-0.2, -0.15) is 5.10 Å². The number of fused-ring (bicyclic) bond motifs is 2. The summed E-state index contributed by atoms with van der Waals surface area (Å²) >= 11 is 0. The van der Waals surface area contributed by atoms with Crippen LogP contribution >= 0.6 is 0 Å². The summed E-state index contributed by atoms with van der Waals surface area (Å²) in [6, 6.07) is 1.84. The molecule has 2 aromatic rings. The Kier molecular flexibility index (Phi) is 1.49. The lowest BCUT2D eigenvalue weighted by Crippen LogP contribution is -2.07. The second-order valence-electron chi connectivity index (χ2n) is 3.43. The van der Waals surface area contributed by atoms with Gasteiger partial charge in [0.15, 0.2) is 0 Å². The molecule has 0 saturated carbocycles. The highest BCUT2D eigenvalue weighted by Gasteiger charge is 2.20. The Hall–Kier alpha value is -1.62. The first-order valence-electron chi connectivity index (χ1n) is 4.54. The van der Waals surface area contributed by atoms with Crippen molar-refractivity contribution in [2.75, 3.05) is 0 Å². The first-order chi connectivity index (χ1) is 6.84. The number of hydrogen-bond acceptors (Lipinski definition) is 3. The first-order valence-corrected chi connectivity index (χ1v) is 4.54. The molecule has 0 saturated heterocycles.